The Morgan fingerprint density at radius 2 is 2.18 bits per heavy atom. The first-order chi connectivity index (χ1) is 8.08. The molecule has 0 saturated carbocycles. The predicted molar refractivity (Wildman–Crippen MR) is 63.1 cm³/mol. The molecule has 4 heteroatoms. The van der Waals surface area contributed by atoms with Crippen molar-refractivity contribution in [2.45, 2.75) is 26.5 Å². The van der Waals surface area contributed by atoms with Crippen molar-refractivity contribution < 1.29 is 13.9 Å². The fourth-order valence-electron chi connectivity index (χ4n) is 1.76. The van der Waals surface area contributed by atoms with Crippen LogP contribution in [0.2, 0.25) is 0 Å². The smallest absolute Gasteiger partial charge is 0.326 e. The summed E-state index contributed by atoms with van der Waals surface area (Å²) in [5, 5.41) is 0.518. The first kappa shape index (κ1) is 11.6. The van der Waals surface area contributed by atoms with E-state index in [1.807, 2.05) is 0 Å². The summed E-state index contributed by atoms with van der Waals surface area (Å²) in [7, 11) is 0. The Hall–Kier alpha value is -1.84. The van der Waals surface area contributed by atoms with E-state index in [0.29, 0.717) is 10.9 Å². The lowest BCUT2D eigenvalue weighted by Crippen LogP contribution is -2.16. The molecule has 0 fully saturated rings. The molecule has 0 unspecified atom stereocenters. The summed E-state index contributed by atoms with van der Waals surface area (Å²) in [5.41, 5.74) is 0.700. The number of aromatic nitrogens is 1. The molecule has 1 heterocycles. The molecule has 0 atom stereocenters. The maximum Gasteiger partial charge on any atom is 0.326 e. The van der Waals surface area contributed by atoms with Crippen LogP contribution in [0.5, 0.6) is 0 Å². The standard InChI is InChI=1S/C13H14FNO2/c1-9(2)17-13(16)8-15-7-6-10-11(14)4-3-5-12(10)15/h3-7,9H,8H2,1-2H3. The predicted octanol–water partition coefficient (Wildman–Crippen LogP) is 2.73. The third kappa shape index (κ3) is 2.46. The van der Waals surface area contributed by atoms with Gasteiger partial charge in [0.15, 0.2) is 0 Å². The van der Waals surface area contributed by atoms with Crippen LogP contribution in [-0.2, 0) is 16.1 Å². The van der Waals surface area contributed by atoms with E-state index >= 15 is 0 Å². The lowest BCUT2D eigenvalue weighted by atomic mass is 10.2. The van der Waals surface area contributed by atoms with Crippen molar-refractivity contribution in [3.8, 4) is 0 Å². The zero-order valence-electron chi connectivity index (χ0n) is 9.81. The highest BCUT2D eigenvalue weighted by molar-refractivity contribution is 5.82. The summed E-state index contributed by atoms with van der Waals surface area (Å²) < 4.78 is 20.2. The second kappa shape index (κ2) is 4.57. The van der Waals surface area contributed by atoms with Crippen LogP contribution in [-0.4, -0.2) is 16.6 Å². The van der Waals surface area contributed by atoms with E-state index in [1.165, 1.54) is 6.07 Å². The Morgan fingerprint density at radius 3 is 2.88 bits per heavy atom. The minimum Gasteiger partial charge on any atom is -0.462 e. The molecule has 0 N–H and O–H groups in total. The van der Waals surface area contributed by atoms with E-state index < -0.39 is 0 Å². The Morgan fingerprint density at radius 1 is 1.41 bits per heavy atom. The van der Waals surface area contributed by atoms with Gasteiger partial charge in [0.2, 0.25) is 0 Å². The number of nitrogens with zero attached hydrogens (tertiary/aromatic N) is 1. The van der Waals surface area contributed by atoms with Gasteiger partial charge in [0, 0.05) is 11.6 Å². The number of benzene rings is 1. The molecule has 1 aromatic carbocycles. The van der Waals surface area contributed by atoms with Gasteiger partial charge < -0.3 is 9.30 Å². The molecule has 90 valence electrons. The van der Waals surface area contributed by atoms with Crippen molar-refractivity contribution in [1.82, 2.24) is 4.57 Å². The summed E-state index contributed by atoms with van der Waals surface area (Å²) in [5.74, 6) is -0.597. The highest BCUT2D eigenvalue weighted by Crippen LogP contribution is 2.18. The monoisotopic (exact) mass is 235 g/mol. The molecule has 0 spiro atoms. The highest BCUT2D eigenvalue weighted by atomic mass is 19.1. The number of carbonyl (C=O) groups is 1. The number of esters is 1. The fraction of sp³-hybridized carbons (Fsp3) is 0.308. The number of hydrogen-bond acceptors (Lipinski definition) is 2. The zero-order valence-corrected chi connectivity index (χ0v) is 9.81. The number of hydrogen-bond donors (Lipinski definition) is 0. The van der Waals surface area contributed by atoms with E-state index in [4.69, 9.17) is 4.74 Å². The van der Waals surface area contributed by atoms with Gasteiger partial charge in [-0.3, -0.25) is 4.79 Å². The minimum atomic E-state index is -0.318. The first-order valence-corrected chi connectivity index (χ1v) is 5.51. The molecule has 3 nitrogen and oxygen atoms in total. The largest absolute Gasteiger partial charge is 0.462 e. The van der Waals surface area contributed by atoms with Gasteiger partial charge in [0.25, 0.3) is 0 Å². The van der Waals surface area contributed by atoms with Crippen molar-refractivity contribution in [2.24, 2.45) is 0 Å². The van der Waals surface area contributed by atoms with Crippen molar-refractivity contribution in [3.05, 3.63) is 36.3 Å². The molecule has 2 rings (SSSR count). The van der Waals surface area contributed by atoms with E-state index in [1.54, 1.807) is 42.8 Å². The van der Waals surface area contributed by atoms with Gasteiger partial charge in [0.1, 0.15) is 12.4 Å². The van der Waals surface area contributed by atoms with Crippen LogP contribution in [0.15, 0.2) is 30.5 Å². The molecule has 0 aliphatic rings. The summed E-state index contributed by atoms with van der Waals surface area (Å²) in [4.78, 5) is 11.5. The second-order valence-corrected chi connectivity index (χ2v) is 4.15. The molecular weight excluding hydrogens is 221 g/mol. The molecule has 0 aliphatic carbocycles. The average molecular weight is 235 g/mol. The van der Waals surface area contributed by atoms with Crippen LogP contribution in [0.3, 0.4) is 0 Å². The van der Waals surface area contributed by atoms with E-state index in [9.17, 15) is 9.18 Å². The van der Waals surface area contributed by atoms with Gasteiger partial charge in [-0.25, -0.2) is 4.39 Å². The lowest BCUT2D eigenvalue weighted by Gasteiger charge is -2.09. The topological polar surface area (TPSA) is 31.2 Å². The number of carbonyl (C=O) groups excluding carboxylic acids is 1. The van der Waals surface area contributed by atoms with Gasteiger partial charge in [0.05, 0.1) is 11.6 Å². The van der Waals surface area contributed by atoms with Crippen LogP contribution >= 0.6 is 0 Å². The minimum absolute atomic E-state index is 0.102. The summed E-state index contributed by atoms with van der Waals surface area (Å²) in [6.07, 6.45) is 1.55. The van der Waals surface area contributed by atoms with Gasteiger partial charge in [-0.2, -0.15) is 0 Å². The summed E-state index contributed by atoms with van der Waals surface area (Å²) >= 11 is 0. The molecule has 0 bridgehead atoms. The van der Waals surface area contributed by atoms with Crippen molar-refractivity contribution in [2.75, 3.05) is 0 Å². The second-order valence-electron chi connectivity index (χ2n) is 4.15. The Balaban J connectivity index is 2.25. The number of rotatable bonds is 3. The Labute approximate surface area is 98.8 Å². The van der Waals surface area contributed by atoms with Crippen molar-refractivity contribution in [1.29, 1.82) is 0 Å². The van der Waals surface area contributed by atoms with E-state index in [0.717, 1.165) is 0 Å². The van der Waals surface area contributed by atoms with Crippen LogP contribution in [0.4, 0.5) is 4.39 Å². The third-order valence-electron chi connectivity index (χ3n) is 2.43. The van der Waals surface area contributed by atoms with Gasteiger partial charge in [-0.15, -0.1) is 0 Å². The van der Waals surface area contributed by atoms with Gasteiger partial charge >= 0.3 is 5.97 Å². The van der Waals surface area contributed by atoms with Crippen LogP contribution in [0.1, 0.15) is 13.8 Å². The normalized spacial score (nSPS) is 11.1. The quantitative estimate of drug-likeness (QED) is 0.766. The number of halogens is 1. The van der Waals surface area contributed by atoms with Crippen molar-refractivity contribution in [3.63, 3.8) is 0 Å². The van der Waals surface area contributed by atoms with E-state index in [-0.39, 0.29) is 24.4 Å². The molecule has 0 radical (unpaired) electrons. The maximum atomic E-state index is 13.4. The van der Waals surface area contributed by atoms with Gasteiger partial charge in [-0.05, 0) is 32.0 Å². The van der Waals surface area contributed by atoms with Crippen molar-refractivity contribution >= 4 is 16.9 Å². The molecule has 2 aromatic rings. The van der Waals surface area contributed by atoms with Crippen LogP contribution in [0, 0.1) is 5.82 Å². The first-order valence-electron chi connectivity index (χ1n) is 5.51. The highest BCUT2D eigenvalue weighted by Gasteiger charge is 2.10. The van der Waals surface area contributed by atoms with Crippen LogP contribution < -0.4 is 0 Å². The summed E-state index contributed by atoms with van der Waals surface area (Å²) in [6, 6.07) is 6.47. The molecular formula is C13H14FNO2. The summed E-state index contributed by atoms with van der Waals surface area (Å²) in [6.45, 7) is 3.70. The van der Waals surface area contributed by atoms with Gasteiger partial charge in [-0.1, -0.05) is 6.07 Å². The zero-order chi connectivity index (χ0) is 12.4. The van der Waals surface area contributed by atoms with E-state index in [2.05, 4.69) is 0 Å². The Bertz CT molecular complexity index is 545. The SMILES string of the molecule is CC(C)OC(=O)Cn1ccc2c(F)cccc21. The molecule has 17 heavy (non-hydrogen) atoms. The fourth-order valence-corrected chi connectivity index (χ4v) is 1.76. The Kier molecular flexibility index (Phi) is 3.13. The lowest BCUT2D eigenvalue weighted by molar-refractivity contribution is -0.148. The number of fused-ring (bicyclic) bond motifs is 1. The molecule has 1 aromatic heterocycles. The number of ether oxygens (including phenoxy) is 1. The maximum absolute atomic E-state index is 13.4. The average Bonchev–Trinajstić information content (AvgIpc) is 2.62. The molecule has 0 saturated heterocycles. The molecule has 0 amide bonds. The van der Waals surface area contributed by atoms with Crippen LogP contribution in [0.25, 0.3) is 10.9 Å². The molecule has 0 aliphatic heterocycles. The third-order valence-corrected chi connectivity index (χ3v) is 2.43.